The minimum atomic E-state index is 0.181. The van der Waals surface area contributed by atoms with Crippen molar-refractivity contribution in [3.63, 3.8) is 0 Å². The Kier molecular flexibility index (Phi) is 6.33. The summed E-state index contributed by atoms with van der Waals surface area (Å²) in [7, 11) is 3.58. The van der Waals surface area contributed by atoms with Gasteiger partial charge in [-0.2, -0.15) is 0 Å². The zero-order chi connectivity index (χ0) is 12.5. The fraction of sp³-hybridized carbons (Fsp3) is 0.500. The van der Waals surface area contributed by atoms with Crippen LogP contribution in [0.3, 0.4) is 0 Å². The third-order valence-corrected chi connectivity index (χ3v) is 2.68. The molecule has 0 bridgehead atoms. The zero-order valence-electron chi connectivity index (χ0n) is 10.8. The first kappa shape index (κ1) is 13.7. The molecule has 17 heavy (non-hydrogen) atoms. The molecular formula is C14H22N2O. The van der Waals surface area contributed by atoms with Crippen LogP contribution in [-0.4, -0.2) is 38.0 Å². The van der Waals surface area contributed by atoms with Gasteiger partial charge in [0, 0.05) is 27.1 Å². The van der Waals surface area contributed by atoms with Crippen molar-refractivity contribution in [2.24, 2.45) is 0 Å². The molecular weight excluding hydrogens is 212 g/mol. The van der Waals surface area contributed by atoms with E-state index in [1.54, 1.807) is 19.0 Å². The normalized spacial score (nSPS) is 10.2. The monoisotopic (exact) mass is 234 g/mol. The van der Waals surface area contributed by atoms with E-state index in [2.05, 4.69) is 29.6 Å². The summed E-state index contributed by atoms with van der Waals surface area (Å²) in [4.78, 5) is 12.9. The fourth-order valence-corrected chi connectivity index (χ4v) is 1.61. The smallest absolute Gasteiger partial charge is 0.223 e. The lowest BCUT2D eigenvalue weighted by Crippen LogP contribution is -2.27. The largest absolute Gasteiger partial charge is 0.349 e. The summed E-state index contributed by atoms with van der Waals surface area (Å²) in [5.41, 5.74) is 1.37. The van der Waals surface area contributed by atoms with Crippen molar-refractivity contribution in [3.05, 3.63) is 35.9 Å². The molecule has 0 unspecified atom stereocenters. The van der Waals surface area contributed by atoms with Crippen molar-refractivity contribution >= 4 is 5.91 Å². The van der Waals surface area contributed by atoms with E-state index in [0.29, 0.717) is 6.42 Å². The van der Waals surface area contributed by atoms with E-state index < -0.39 is 0 Å². The molecule has 94 valence electrons. The fourth-order valence-electron chi connectivity index (χ4n) is 1.61. The Hall–Kier alpha value is -1.35. The maximum absolute atomic E-state index is 11.3. The molecule has 0 aromatic heterocycles. The number of amides is 1. The van der Waals surface area contributed by atoms with E-state index in [-0.39, 0.29) is 5.91 Å². The van der Waals surface area contributed by atoms with Crippen LogP contribution >= 0.6 is 0 Å². The summed E-state index contributed by atoms with van der Waals surface area (Å²) in [6.45, 7) is 1.74. The van der Waals surface area contributed by atoms with Gasteiger partial charge in [0.2, 0.25) is 5.91 Å². The van der Waals surface area contributed by atoms with Crippen LogP contribution < -0.4 is 5.32 Å². The van der Waals surface area contributed by atoms with Crippen LogP contribution in [0.1, 0.15) is 18.4 Å². The predicted octanol–water partition coefficient (Wildman–Crippen LogP) is 1.69. The molecule has 1 aromatic rings. The Morgan fingerprint density at radius 3 is 2.53 bits per heavy atom. The molecule has 3 nitrogen and oxygen atoms in total. The van der Waals surface area contributed by atoms with Crippen molar-refractivity contribution in [2.45, 2.75) is 19.3 Å². The Morgan fingerprint density at radius 2 is 1.88 bits per heavy atom. The van der Waals surface area contributed by atoms with Crippen molar-refractivity contribution < 1.29 is 4.79 Å². The molecule has 0 aliphatic rings. The number of nitrogens with one attached hydrogen (secondary N) is 1. The predicted molar refractivity (Wildman–Crippen MR) is 70.9 cm³/mol. The molecule has 3 heteroatoms. The molecule has 0 spiro atoms. The Labute approximate surface area is 104 Å². The average molecular weight is 234 g/mol. The van der Waals surface area contributed by atoms with Gasteiger partial charge in [0.15, 0.2) is 0 Å². The number of aryl methyl sites for hydroxylation is 1. The summed E-state index contributed by atoms with van der Waals surface area (Å²) in [6.07, 6.45) is 2.79. The van der Waals surface area contributed by atoms with Gasteiger partial charge in [-0.05, 0) is 24.9 Å². The molecule has 0 aliphatic carbocycles. The van der Waals surface area contributed by atoms with Gasteiger partial charge < -0.3 is 10.2 Å². The molecule has 0 fully saturated rings. The van der Waals surface area contributed by atoms with E-state index in [9.17, 15) is 4.79 Å². The van der Waals surface area contributed by atoms with Gasteiger partial charge in [-0.1, -0.05) is 30.3 Å². The van der Waals surface area contributed by atoms with Gasteiger partial charge >= 0.3 is 0 Å². The highest BCUT2D eigenvalue weighted by atomic mass is 16.2. The van der Waals surface area contributed by atoms with Crippen molar-refractivity contribution in [3.8, 4) is 0 Å². The number of benzene rings is 1. The van der Waals surface area contributed by atoms with Gasteiger partial charge in [-0.15, -0.1) is 0 Å². The Bertz CT molecular complexity index is 322. The van der Waals surface area contributed by atoms with Crippen LogP contribution in [0.15, 0.2) is 30.3 Å². The summed E-state index contributed by atoms with van der Waals surface area (Å²) in [5.74, 6) is 0.181. The molecule has 0 heterocycles. The van der Waals surface area contributed by atoms with Gasteiger partial charge in [-0.3, -0.25) is 4.79 Å². The van der Waals surface area contributed by atoms with Crippen molar-refractivity contribution in [1.29, 1.82) is 0 Å². The zero-order valence-corrected chi connectivity index (χ0v) is 10.8. The summed E-state index contributed by atoms with van der Waals surface area (Å²) < 4.78 is 0. The highest BCUT2D eigenvalue weighted by Crippen LogP contribution is 2.01. The third kappa shape index (κ3) is 6.07. The number of hydrogen-bond acceptors (Lipinski definition) is 2. The Morgan fingerprint density at radius 1 is 1.18 bits per heavy atom. The van der Waals surface area contributed by atoms with Gasteiger partial charge in [0.1, 0.15) is 0 Å². The summed E-state index contributed by atoms with van der Waals surface area (Å²) in [5, 5.41) is 3.29. The number of hydrogen-bond donors (Lipinski definition) is 1. The quantitative estimate of drug-likeness (QED) is 0.728. The van der Waals surface area contributed by atoms with E-state index in [0.717, 1.165) is 25.9 Å². The number of rotatable bonds is 7. The standard InChI is InChI=1S/C14H22N2O/c1-16(2)14(17)10-12-15-11-6-9-13-7-4-3-5-8-13/h3-5,7-8,15H,6,9-12H2,1-2H3. The molecule has 0 saturated carbocycles. The van der Waals surface area contributed by atoms with Crippen LogP contribution in [0.2, 0.25) is 0 Å². The van der Waals surface area contributed by atoms with Crippen LogP contribution in [-0.2, 0) is 11.2 Å². The second kappa shape index (κ2) is 7.85. The first-order valence-corrected chi connectivity index (χ1v) is 6.15. The third-order valence-electron chi connectivity index (χ3n) is 2.68. The van der Waals surface area contributed by atoms with E-state index in [1.807, 2.05) is 6.07 Å². The van der Waals surface area contributed by atoms with Crippen LogP contribution in [0.5, 0.6) is 0 Å². The van der Waals surface area contributed by atoms with Crippen molar-refractivity contribution in [2.75, 3.05) is 27.2 Å². The molecule has 0 aliphatic heterocycles. The highest BCUT2D eigenvalue weighted by molar-refractivity contribution is 5.75. The summed E-state index contributed by atoms with van der Waals surface area (Å²) in [6, 6.07) is 10.5. The highest BCUT2D eigenvalue weighted by Gasteiger charge is 2.01. The van der Waals surface area contributed by atoms with Gasteiger partial charge in [0.05, 0.1) is 0 Å². The molecule has 1 rings (SSSR count). The molecule has 0 atom stereocenters. The second-order valence-corrected chi connectivity index (χ2v) is 4.38. The van der Waals surface area contributed by atoms with Gasteiger partial charge in [-0.25, -0.2) is 0 Å². The van der Waals surface area contributed by atoms with E-state index in [4.69, 9.17) is 0 Å². The first-order valence-electron chi connectivity index (χ1n) is 6.15. The summed E-state index contributed by atoms with van der Waals surface area (Å²) >= 11 is 0. The average Bonchev–Trinajstić information content (AvgIpc) is 2.34. The lowest BCUT2D eigenvalue weighted by Gasteiger charge is -2.10. The van der Waals surface area contributed by atoms with E-state index in [1.165, 1.54) is 5.56 Å². The maximum Gasteiger partial charge on any atom is 0.223 e. The SMILES string of the molecule is CN(C)C(=O)CCNCCCc1ccccc1. The molecule has 0 saturated heterocycles. The van der Waals surface area contributed by atoms with E-state index >= 15 is 0 Å². The number of nitrogens with zero attached hydrogens (tertiary/aromatic N) is 1. The van der Waals surface area contributed by atoms with Crippen LogP contribution in [0, 0.1) is 0 Å². The Balaban J connectivity index is 2.00. The number of carbonyl (C=O) groups is 1. The lowest BCUT2D eigenvalue weighted by molar-refractivity contribution is -0.128. The topological polar surface area (TPSA) is 32.3 Å². The number of carbonyl (C=O) groups excluding carboxylic acids is 1. The lowest BCUT2D eigenvalue weighted by atomic mass is 10.1. The maximum atomic E-state index is 11.3. The first-order chi connectivity index (χ1) is 8.20. The molecule has 0 radical (unpaired) electrons. The molecule has 1 amide bonds. The van der Waals surface area contributed by atoms with Crippen LogP contribution in [0.25, 0.3) is 0 Å². The van der Waals surface area contributed by atoms with Gasteiger partial charge in [0.25, 0.3) is 0 Å². The van der Waals surface area contributed by atoms with Crippen LogP contribution in [0.4, 0.5) is 0 Å². The second-order valence-electron chi connectivity index (χ2n) is 4.38. The minimum Gasteiger partial charge on any atom is -0.349 e. The molecule has 1 N–H and O–H groups in total. The van der Waals surface area contributed by atoms with Crippen molar-refractivity contribution in [1.82, 2.24) is 10.2 Å². The minimum absolute atomic E-state index is 0.181. The molecule has 1 aromatic carbocycles.